The van der Waals surface area contributed by atoms with Crippen LogP contribution < -0.4 is 13.7 Å². The largest absolute Gasteiger partial charge is 0.530 e. The SMILES string of the molecule is Cc1ccc2c3ccccc3n(C)c2c1-c1cc(C)c2ccccc2[n+]1C(=C1c2ccc3c(c2-c2cc(C)c4ccccc4[n+]21)S(=O)(=O)c1ccccc1-3)[n+]1ccccc1-c1cc(C(F)(F)F)nn1C. The van der Waals surface area contributed by atoms with Gasteiger partial charge in [-0.3, -0.25) is 4.68 Å². The van der Waals surface area contributed by atoms with Gasteiger partial charge in [0, 0.05) is 89.4 Å². The van der Waals surface area contributed by atoms with E-state index in [2.05, 4.69) is 94.3 Å². The summed E-state index contributed by atoms with van der Waals surface area (Å²) in [6.45, 7) is 6.25. The van der Waals surface area contributed by atoms with Crippen molar-refractivity contribution in [2.24, 2.45) is 14.1 Å². The Labute approximate surface area is 400 Å². The maximum absolute atomic E-state index is 15.1. The van der Waals surface area contributed by atoms with Gasteiger partial charge in [-0.25, -0.2) is 8.42 Å². The minimum Gasteiger partial charge on any atom is -0.343 e. The summed E-state index contributed by atoms with van der Waals surface area (Å²) in [7, 11) is -0.445. The highest BCUT2D eigenvalue weighted by Crippen LogP contribution is 2.52. The Kier molecular flexibility index (Phi) is 8.77. The average molecular weight is 944 g/mol. The predicted molar refractivity (Wildman–Crippen MR) is 265 cm³/mol. The van der Waals surface area contributed by atoms with Gasteiger partial charge in [0.05, 0.1) is 37.4 Å². The van der Waals surface area contributed by atoms with Crippen molar-refractivity contribution >= 4 is 59.1 Å². The van der Waals surface area contributed by atoms with E-state index in [1.54, 1.807) is 12.1 Å². The van der Waals surface area contributed by atoms with Gasteiger partial charge in [-0.1, -0.05) is 88.0 Å². The molecule has 0 bridgehead atoms. The van der Waals surface area contributed by atoms with Crippen molar-refractivity contribution in [3.05, 3.63) is 198 Å². The smallest absolute Gasteiger partial charge is 0.343 e. The van der Waals surface area contributed by atoms with Gasteiger partial charge in [-0.15, -0.1) is 4.57 Å². The number of fused-ring (bicyclic) bond motifs is 13. The summed E-state index contributed by atoms with van der Waals surface area (Å²) in [4.78, 5) is 0.468. The fourth-order valence-electron chi connectivity index (χ4n) is 11.4. The number of alkyl halides is 3. The lowest BCUT2D eigenvalue weighted by Crippen LogP contribution is -2.59. The molecular formula is C58H42F3N6O2S+3. The van der Waals surface area contributed by atoms with E-state index in [4.69, 9.17) is 0 Å². The summed E-state index contributed by atoms with van der Waals surface area (Å²) < 4.78 is 84.0. The van der Waals surface area contributed by atoms with Crippen molar-refractivity contribution in [3.8, 4) is 45.0 Å². The molecule has 2 aliphatic rings. The van der Waals surface area contributed by atoms with Crippen LogP contribution in [0.1, 0.15) is 27.9 Å². The summed E-state index contributed by atoms with van der Waals surface area (Å²) in [5.41, 5.74) is 11.9. The summed E-state index contributed by atoms with van der Waals surface area (Å²) in [6, 6.07) is 50.8. The van der Waals surface area contributed by atoms with Crippen LogP contribution in [0.25, 0.3) is 94.3 Å². The van der Waals surface area contributed by atoms with Gasteiger partial charge in [-0.05, 0) is 73.9 Å². The first-order valence-electron chi connectivity index (χ1n) is 23.0. The van der Waals surface area contributed by atoms with Crippen LogP contribution in [0.4, 0.5) is 13.2 Å². The number of nitrogens with zero attached hydrogens (tertiary/aromatic N) is 6. The third-order valence-corrected chi connectivity index (χ3v) is 16.3. The first kappa shape index (κ1) is 41.9. The zero-order valence-electron chi connectivity index (χ0n) is 38.6. The van der Waals surface area contributed by atoms with E-state index in [0.717, 1.165) is 77.6 Å². The first-order chi connectivity index (χ1) is 33.7. The number of rotatable bonds is 4. The van der Waals surface area contributed by atoms with Gasteiger partial charge in [0.1, 0.15) is 5.69 Å². The molecule has 0 fully saturated rings. The number of benzene rings is 6. The number of para-hydroxylation sites is 3. The quantitative estimate of drug-likeness (QED) is 0.165. The molecule has 0 saturated heterocycles. The summed E-state index contributed by atoms with van der Waals surface area (Å²) >= 11 is 0. The van der Waals surface area contributed by atoms with Gasteiger partial charge in [-0.2, -0.15) is 18.3 Å². The molecule has 0 radical (unpaired) electrons. The van der Waals surface area contributed by atoms with Gasteiger partial charge in [0.2, 0.25) is 38.0 Å². The van der Waals surface area contributed by atoms with E-state index < -0.39 is 21.7 Å². The van der Waals surface area contributed by atoms with E-state index in [9.17, 15) is 13.2 Å². The Hall–Kier alpha value is -8.22. The number of sulfone groups is 1. The van der Waals surface area contributed by atoms with Gasteiger partial charge >= 0.3 is 17.7 Å². The predicted octanol–water partition coefficient (Wildman–Crippen LogP) is 11.5. The highest BCUT2D eigenvalue weighted by atomic mass is 32.2. The second-order valence-electron chi connectivity index (χ2n) is 18.4. The van der Waals surface area contributed by atoms with Crippen molar-refractivity contribution in [3.63, 3.8) is 0 Å². The Balaban J connectivity index is 1.30. The highest BCUT2D eigenvalue weighted by molar-refractivity contribution is 7.92. The molecule has 0 unspecified atom stereocenters. The lowest BCUT2D eigenvalue weighted by atomic mass is 9.96. The van der Waals surface area contributed by atoms with Crippen LogP contribution in [0.5, 0.6) is 0 Å². The van der Waals surface area contributed by atoms with Crippen LogP contribution in [0.3, 0.4) is 0 Å². The second kappa shape index (κ2) is 14.6. The molecule has 70 heavy (non-hydrogen) atoms. The van der Waals surface area contributed by atoms with Crippen molar-refractivity contribution < 1.29 is 35.3 Å². The standard InChI is InChI=1S/C58H42F3N6O2S/c1-33-25-26-40-38-18-8-10-20-43(38)63(4)54(40)52(33)48-30-34(2)37-17-7-12-22-45(37)67(48)57(65-29-15-14-23-46(65)47-32-51(58(59,60)61)62-64(47)5)55-42-28-27-41-39-19-9-13-24-50(39)70(68,69)56(41)53(42)49-31-35(3)36-16-6-11-21-44(36)66(49)55/h6-32H,1-5H3/q+3. The summed E-state index contributed by atoms with van der Waals surface area (Å²) in [5.74, 6) is 0.554. The zero-order valence-corrected chi connectivity index (χ0v) is 39.4. The molecule has 8 nitrogen and oxygen atoms in total. The van der Waals surface area contributed by atoms with E-state index >= 15 is 8.42 Å². The maximum atomic E-state index is 15.1. The van der Waals surface area contributed by atoms with E-state index in [-0.39, 0.29) is 15.5 Å². The lowest BCUT2D eigenvalue weighted by Gasteiger charge is -2.14. The van der Waals surface area contributed by atoms with Gasteiger partial charge in [0.15, 0.2) is 11.9 Å². The third kappa shape index (κ3) is 5.67. The van der Waals surface area contributed by atoms with Crippen molar-refractivity contribution in [2.45, 2.75) is 36.7 Å². The molecule has 340 valence electrons. The molecule has 6 aromatic carbocycles. The normalized spacial score (nSPS) is 14.4. The fourth-order valence-corrected chi connectivity index (χ4v) is 13.3. The van der Waals surface area contributed by atoms with Crippen LogP contribution in [0, 0.1) is 26.6 Å². The van der Waals surface area contributed by atoms with E-state index in [0.29, 0.717) is 45.2 Å². The Morgan fingerprint density at radius 3 is 1.99 bits per heavy atom. The van der Waals surface area contributed by atoms with Crippen LogP contribution in [-0.4, -0.2) is 22.8 Å². The van der Waals surface area contributed by atoms with Crippen molar-refractivity contribution in [2.75, 3.05) is 0 Å². The topological polar surface area (TPSA) is 68.5 Å². The van der Waals surface area contributed by atoms with Crippen LogP contribution >= 0.6 is 0 Å². The minimum absolute atomic E-state index is 0.221. The molecule has 11 aromatic rings. The zero-order chi connectivity index (χ0) is 48.1. The Bertz CT molecular complexity index is 4320. The number of aryl methyl sites for hydroxylation is 5. The van der Waals surface area contributed by atoms with E-state index in [1.807, 2.05) is 103 Å². The molecule has 12 heteroatoms. The minimum atomic E-state index is -4.71. The molecule has 0 spiro atoms. The average Bonchev–Trinajstić information content (AvgIpc) is 4.07. The number of hydrogen-bond acceptors (Lipinski definition) is 3. The molecule has 0 N–H and O–H groups in total. The third-order valence-electron chi connectivity index (χ3n) is 14.4. The summed E-state index contributed by atoms with van der Waals surface area (Å²) in [5, 5.41) is 8.09. The summed E-state index contributed by atoms with van der Waals surface area (Å²) in [6.07, 6.45) is -2.83. The number of pyridine rings is 3. The molecular weight excluding hydrogens is 902 g/mol. The molecule has 0 aliphatic carbocycles. The molecule has 13 rings (SSSR count). The van der Waals surface area contributed by atoms with Crippen LogP contribution in [0.2, 0.25) is 0 Å². The van der Waals surface area contributed by atoms with Crippen LogP contribution in [-0.2, 0) is 30.1 Å². The monoisotopic (exact) mass is 943 g/mol. The lowest BCUT2D eigenvalue weighted by molar-refractivity contribution is -0.819. The number of aromatic nitrogens is 6. The van der Waals surface area contributed by atoms with Crippen molar-refractivity contribution in [1.82, 2.24) is 14.3 Å². The molecule has 5 aromatic heterocycles. The van der Waals surface area contributed by atoms with Gasteiger partial charge < -0.3 is 4.57 Å². The molecule has 0 amide bonds. The second-order valence-corrected chi connectivity index (χ2v) is 20.2. The number of hydrogen-bond donors (Lipinski definition) is 0. The van der Waals surface area contributed by atoms with E-state index in [1.165, 1.54) is 11.7 Å². The molecule has 0 saturated carbocycles. The highest BCUT2D eigenvalue weighted by Gasteiger charge is 2.53. The van der Waals surface area contributed by atoms with Crippen LogP contribution in [0.15, 0.2) is 174 Å². The molecule has 2 aliphatic heterocycles. The Morgan fingerprint density at radius 1 is 0.586 bits per heavy atom. The molecule has 7 heterocycles. The fraction of sp³-hybridized carbons (Fsp3) is 0.103. The first-order valence-corrected chi connectivity index (χ1v) is 24.5. The van der Waals surface area contributed by atoms with Gasteiger partial charge in [0.25, 0.3) is 0 Å². The molecule has 0 atom stereocenters. The Morgan fingerprint density at radius 2 is 1.23 bits per heavy atom. The maximum Gasteiger partial charge on any atom is 0.530 e. The van der Waals surface area contributed by atoms with Crippen molar-refractivity contribution in [1.29, 1.82) is 0 Å². The number of halogens is 3.